The van der Waals surface area contributed by atoms with Crippen molar-refractivity contribution in [3.8, 4) is 0 Å². The first kappa shape index (κ1) is 16.4. The lowest BCUT2D eigenvalue weighted by Crippen LogP contribution is -2.38. The van der Waals surface area contributed by atoms with E-state index in [1.807, 2.05) is 0 Å². The van der Waals surface area contributed by atoms with Gasteiger partial charge in [0, 0.05) is 5.56 Å². The molecule has 25 heavy (non-hydrogen) atoms. The fraction of sp³-hybridized carbons (Fsp3) is 0.176. The number of furan rings is 1. The number of nitrogens with one attached hydrogen (secondary N) is 1. The van der Waals surface area contributed by atoms with Gasteiger partial charge in [0.25, 0.3) is 17.7 Å². The van der Waals surface area contributed by atoms with E-state index in [1.165, 1.54) is 31.4 Å². The van der Waals surface area contributed by atoms with Crippen LogP contribution in [0.1, 0.15) is 43.8 Å². The van der Waals surface area contributed by atoms with E-state index >= 15 is 0 Å². The summed E-state index contributed by atoms with van der Waals surface area (Å²) in [4.78, 5) is 48.8. The lowest BCUT2D eigenvalue weighted by molar-refractivity contribution is -0.138. The summed E-state index contributed by atoms with van der Waals surface area (Å²) in [5.41, 5.74) is 0.402. The van der Waals surface area contributed by atoms with Crippen LogP contribution in [0.25, 0.3) is 0 Å². The number of fused-ring (bicyclic) bond motifs is 1. The monoisotopic (exact) mass is 342 g/mol. The zero-order valence-corrected chi connectivity index (χ0v) is 13.2. The van der Waals surface area contributed by atoms with E-state index in [-0.39, 0.29) is 23.2 Å². The van der Waals surface area contributed by atoms with Gasteiger partial charge < -0.3 is 14.8 Å². The molecule has 2 heterocycles. The second-order valence-electron chi connectivity index (χ2n) is 5.57. The Morgan fingerprint density at radius 2 is 1.92 bits per heavy atom. The van der Waals surface area contributed by atoms with E-state index < -0.39 is 29.7 Å². The van der Waals surface area contributed by atoms with Crippen molar-refractivity contribution in [2.24, 2.45) is 0 Å². The van der Waals surface area contributed by atoms with Gasteiger partial charge >= 0.3 is 5.97 Å². The van der Waals surface area contributed by atoms with Crippen LogP contribution in [0.3, 0.4) is 0 Å². The third-order valence-corrected chi connectivity index (χ3v) is 3.84. The lowest BCUT2D eigenvalue weighted by Gasteiger charge is -2.11. The first-order chi connectivity index (χ1) is 11.9. The summed E-state index contributed by atoms with van der Waals surface area (Å²) in [5.74, 6) is -2.35. The molecule has 0 radical (unpaired) electrons. The average Bonchev–Trinajstić information content (AvgIpc) is 3.17. The molecule has 0 aliphatic carbocycles. The molecule has 0 spiro atoms. The Morgan fingerprint density at radius 1 is 1.20 bits per heavy atom. The van der Waals surface area contributed by atoms with E-state index in [0.29, 0.717) is 5.76 Å². The number of amides is 3. The van der Waals surface area contributed by atoms with E-state index in [0.717, 1.165) is 4.90 Å². The van der Waals surface area contributed by atoms with Gasteiger partial charge in [0.2, 0.25) is 0 Å². The third kappa shape index (κ3) is 3.01. The fourth-order valence-electron chi connectivity index (χ4n) is 2.48. The molecule has 1 aromatic heterocycles. The highest BCUT2D eigenvalue weighted by Crippen LogP contribution is 2.25. The van der Waals surface area contributed by atoms with Gasteiger partial charge in [-0.15, -0.1) is 0 Å². The molecule has 1 aliphatic rings. The number of hydrogen-bond acceptors (Lipinski definition) is 5. The number of carbonyl (C=O) groups is 4. The van der Waals surface area contributed by atoms with Gasteiger partial charge in [0.05, 0.1) is 23.9 Å². The smallest absolute Gasteiger partial charge is 0.325 e. The van der Waals surface area contributed by atoms with E-state index in [1.54, 1.807) is 12.1 Å². The van der Waals surface area contributed by atoms with Crippen LogP contribution in [0.15, 0.2) is 41.0 Å². The second-order valence-corrected chi connectivity index (χ2v) is 5.57. The molecule has 0 saturated heterocycles. The van der Waals surface area contributed by atoms with Gasteiger partial charge in [-0.2, -0.15) is 0 Å². The highest BCUT2D eigenvalue weighted by Gasteiger charge is 2.36. The molecule has 1 aliphatic heterocycles. The van der Waals surface area contributed by atoms with Gasteiger partial charge in [-0.25, -0.2) is 0 Å². The van der Waals surface area contributed by atoms with E-state index in [4.69, 9.17) is 9.52 Å². The van der Waals surface area contributed by atoms with Crippen LogP contribution in [0.4, 0.5) is 0 Å². The lowest BCUT2D eigenvalue weighted by atomic mass is 10.1. The Balaban J connectivity index is 1.84. The van der Waals surface area contributed by atoms with Gasteiger partial charge in [0.15, 0.2) is 0 Å². The molecule has 2 aromatic rings. The van der Waals surface area contributed by atoms with Crippen molar-refractivity contribution in [3.63, 3.8) is 0 Å². The first-order valence-electron chi connectivity index (χ1n) is 7.45. The summed E-state index contributed by atoms with van der Waals surface area (Å²) >= 11 is 0. The molecule has 0 saturated carbocycles. The van der Waals surface area contributed by atoms with Crippen molar-refractivity contribution in [1.82, 2.24) is 10.2 Å². The van der Waals surface area contributed by atoms with Crippen molar-refractivity contribution < 1.29 is 28.7 Å². The maximum Gasteiger partial charge on any atom is 0.325 e. The molecule has 1 atom stereocenters. The largest absolute Gasteiger partial charge is 0.480 e. The van der Waals surface area contributed by atoms with Crippen molar-refractivity contribution in [1.29, 1.82) is 0 Å². The van der Waals surface area contributed by atoms with Crippen LogP contribution in [0.5, 0.6) is 0 Å². The van der Waals surface area contributed by atoms with Crippen molar-refractivity contribution in [2.45, 2.75) is 19.5 Å². The maximum absolute atomic E-state index is 12.5. The Morgan fingerprint density at radius 3 is 2.56 bits per heavy atom. The Bertz CT molecular complexity index is 871. The minimum Gasteiger partial charge on any atom is -0.480 e. The quantitative estimate of drug-likeness (QED) is 0.791. The second kappa shape index (κ2) is 6.23. The molecule has 1 aromatic carbocycles. The number of carboxylic acids is 1. The topological polar surface area (TPSA) is 117 Å². The zero-order valence-electron chi connectivity index (χ0n) is 13.2. The number of benzene rings is 1. The first-order valence-corrected chi connectivity index (χ1v) is 7.45. The molecule has 0 fully saturated rings. The highest BCUT2D eigenvalue weighted by molar-refractivity contribution is 6.22. The summed E-state index contributed by atoms with van der Waals surface area (Å²) in [6.45, 7) is 1.32. The van der Waals surface area contributed by atoms with Crippen LogP contribution < -0.4 is 5.32 Å². The predicted octanol–water partition coefficient (Wildman–Crippen LogP) is 1.28. The fourth-order valence-corrected chi connectivity index (χ4v) is 2.48. The maximum atomic E-state index is 12.5. The van der Waals surface area contributed by atoms with E-state index in [2.05, 4.69) is 5.32 Å². The number of hydrogen-bond donors (Lipinski definition) is 2. The standard InChI is InChI=1S/C17H14N2O6/c1-9(17(23)24)18-14(20)10-4-5-12-13(7-10)16(22)19(15(12)21)8-11-3-2-6-25-11/h2-7,9H,8H2,1H3,(H,18,20)(H,23,24)/t9-/m0/s1. The Kier molecular flexibility index (Phi) is 4.10. The summed E-state index contributed by atoms with van der Waals surface area (Å²) in [6, 6.07) is 6.28. The van der Waals surface area contributed by atoms with Crippen LogP contribution in [0, 0.1) is 0 Å². The van der Waals surface area contributed by atoms with Crippen LogP contribution >= 0.6 is 0 Å². The molecule has 2 N–H and O–H groups in total. The number of rotatable bonds is 5. The van der Waals surface area contributed by atoms with Crippen molar-refractivity contribution in [3.05, 3.63) is 59.0 Å². The van der Waals surface area contributed by atoms with Crippen LogP contribution in [-0.4, -0.2) is 39.7 Å². The molecule has 0 bridgehead atoms. The molecular formula is C17H14N2O6. The summed E-state index contributed by atoms with van der Waals surface area (Å²) < 4.78 is 5.15. The van der Waals surface area contributed by atoms with Crippen molar-refractivity contribution >= 4 is 23.7 Å². The summed E-state index contributed by atoms with van der Waals surface area (Å²) in [5, 5.41) is 11.1. The summed E-state index contributed by atoms with van der Waals surface area (Å²) in [7, 11) is 0. The Hall–Kier alpha value is -3.42. The molecule has 0 unspecified atom stereocenters. The number of imide groups is 1. The van der Waals surface area contributed by atoms with Gasteiger partial charge in [-0.1, -0.05) is 0 Å². The molecule has 8 heteroatoms. The average molecular weight is 342 g/mol. The Labute approximate surface area is 142 Å². The molecule has 8 nitrogen and oxygen atoms in total. The molecule has 3 rings (SSSR count). The van der Waals surface area contributed by atoms with E-state index in [9.17, 15) is 19.2 Å². The molecular weight excluding hydrogens is 328 g/mol. The minimum absolute atomic E-state index is 0.00305. The number of nitrogens with zero attached hydrogens (tertiary/aromatic N) is 1. The van der Waals surface area contributed by atoms with Gasteiger partial charge in [-0.05, 0) is 37.3 Å². The normalized spacial score (nSPS) is 14.4. The van der Waals surface area contributed by atoms with Gasteiger partial charge in [-0.3, -0.25) is 24.1 Å². The van der Waals surface area contributed by atoms with Gasteiger partial charge in [0.1, 0.15) is 11.8 Å². The predicted molar refractivity (Wildman–Crippen MR) is 83.9 cm³/mol. The minimum atomic E-state index is -1.18. The highest BCUT2D eigenvalue weighted by atomic mass is 16.4. The zero-order chi connectivity index (χ0) is 18.1. The molecule has 3 amide bonds. The number of carboxylic acid groups (broad SMARTS) is 1. The number of aliphatic carboxylic acids is 1. The third-order valence-electron chi connectivity index (χ3n) is 3.84. The number of carbonyl (C=O) groups excluding carboxylic acids is 3. The van der Waals surface area contributed by atoms with Crippen LogP contribution in [0.2, 0.25) is 0 Å². The molecule has 128 valence electrons. The van der Waals surface area contributed by atoms with Crippen LogP contribution in [-0.2, 0) is 11.3 Å². The summed E-state index contributed by atoms with van der Waals surface area (Å²) in [6.07, 6.45) is 1.44. The SMILES string of the molecule is C[C@H](NC(=O)c1ccc2c(c1)C(=O)N(Cc1ccco1)C2=O)C(=O)O. The van der Waals surface area contributed by atoms with Crippen molar-refractivity contribution in [2.75, 3.05) is 0 Å².